The molecular weight excluding hydrogens is 333 g/mol. The molecule has 0 saturated carbocycles. The van der Waals surface area contributed by atoms with Crippen LogP contribution in [0, 0.1) is 5.92 Å². The zero-order valence-corrected chi connectivity index (χ0v) is 16.1. The Hall–Kier alpha value is -0.810. The molecule has 1 aromatic carbocycles. The van der Waals surface area contributed by atoms with Crippen LogP contribution in [0.5, 0.6) is 0 Å². The maximum Gasteiger partial charge on any atom is 0.237 e. The van der Waals surface area contributed by atoms with Gasteiger partial charge in [-0.2, -0.15) is 0 Å². The summed E-state index contributed by atoms with van der Waals surface area (Å²) in [4.78, 5) is 14.4. The fourth-order valence-electron chi connectivity index (χ4n) is 2.42. The molecule has 0 spiro atoms. The van der Waals surface area contributed by atoms with Crippen LogP contribution in [0.3, 0.4) is 0 Å². The first-order valence-electron chi connectivity index (χ1n) is 7.83. The van der Waals surface area contributed by atoms with Gasteiger partial charge in [-0.15, -0.1) is 24.8 Å². The van der Waals surface area contributed by atoms with Gasteiger partial charge >= 0.3 is 0 Å². The standard InChI is InChI=1S/C17H29N3O.2ClH/c1-5-20(6-2)15(14-10-8-7-9-11-14)12-19-17(21)16(18)13(3)4;;/h7-11,13,15-16H,5-6,12,18H2,1-4H3,(H,19,21);2*1H. The largest absolute Gasteiger partial charge is 0.353 e. The van der Waals surface area contributed by atoms with Crippen LogP contribution in [0.2, 0.25) is 0 Å². The minimum atomic E-state index is -0.446. The molecule has 0 saturated heterocycles. The van der Waals surface area contributed by atoms with E-state index in [0.29, 0.717) is 6.54 Å². The molecule has 0 heterocycles. The molecule has 2 atom stereocenters. The monoisotopic (exact) mass is 363 g/mol. The lowest BCUT2D eigenvalue weighted by molar-refractivity contribution is -0.123. The summed E-state index contributed by atoms with van der Waals surface area (Å²) >= 11 is 0. The third-order valence-electron chi connectivity index (χ3n) is 3.93. The molecule has 1 amide bonds. The number of benzene rings is 1. The van der Waals surface area contributed by atoms with Crippen molar-refractivity contribution < 1.29 is 4.79 Å². The number of nitrogens with one attached hydrogen (secondary N) is 1. The smallest absolute Gasteiger partial charge is 0.237 e. The number of rotatable bonds is 8. The van der Waals surface area contributed by atoms with Crippen LogP contribution < -0.4 is 11.1 Å². The van der Waals surface area contributed by atoms with Gasteiger partial charge in [-0.1, -0.05) is 58.0 Å². The summed E-state index contributed by atoms with van der Waals surface area (Å²) in [6.45, 7) is 10.7. The van der Waals surface area contributed by atoms with E-state index in [-0.39, 0.29) is 42.7 Å². The van der Waals surface area contributed by atoms with Crippen molar-refractivity contribution in [3.05, 3.63) is 35.9 Å². The van der Waals surface area contributed by atoms with Crippen molar-refractivity contribution in [3.8, 4) is 0 Å². The normalized spacial score (nSPS) is 13.0. The zero-order chi connectivity index (χ0) is 15.8. The molecule has 2 unspecified atom stereocenters. The van der Waals surface area contributed by atoms with E-state index in [0.717, 1.165) is 13.1 Å². The SMILES string of the molecule is CCN(CC)C(CNC(=O)C(N)C(C)C)c1ccccc1.Cl.Cl. The molecule has 1 aromatic rings. The van der Waals surface area contributed by atoms with Crippen molar-refractivity contribution >= 4 is 30.7 Å². The zero-order valence-electron chi connectivity index (χ0n) is 14.5. The van der Waals surface area contributed by atoms with Gasteiger partial charge in [0.1, 0.15) is 0 Å². The second-order valence-corrected chi connectivity index (χ2v) is 5.66. The van der Waals surface area contributed by atoms with E-state index in [4.69, 9.17) is 5.73 Å². The summed E-state index contributed by atoms with van der Waals surface area (Å²) in [6.07, 6.45) is 0. The highest BCUT2D eigenvalue weighted by Crippen LogP contribution is 2.19. The van der Waals surface area contributed by atoms with Crippen molar-refractivity contribution in [2.45, 2.75) is 39.8 Å². The van der Waals surface area contributed by atoms with Gasteiger partial charge < -0.3 is 11.1 Å². The fraction of sp³-hybridized carbons (Fsp3) is 0.588. The van der Waals surface area contributed by atoms with Gasteiger partial charge in [-0.05, 0) is 24.6 Å². The van der Waals surface area contributed by atoms with E-state index >= 15 is 0 Å². The van der Waals surface area contributed by atoms with Crippen molar-refractivity contribution in [3.63, 3.8) is 0 Å². The lowest BCUT2D eigenvalue weighted by Crippen LogP contribution is -2.47. The Kier molecular flexibility index (Phi) is 13.4. The molecule has 6 heteroatoms. The van der Waals surface area contributed by atoms with Gasteiger partial charge in [0.25, 0.3) is 0 Å². The van der Waals surface area contributed by atoms with Crippen molar-refractivity contribution in [1.82, 2.24) is 10.2 Å². The summed E-state index contributed by atoms with van der Waals surface area (Å²) < 4.78 is 0. The Morgan fingerprint density at radius 2 is 1.65 bits per heavy atom. The van der Waals surface area contributed by atoms with Crippen molar-refractivity contribution in [2.24, 2.45) is 11.7 Å². The highest BCUT2D eigenvalue weighted by molar-refractivity contribution is 5.85. The Bertz CT molecular complexity index is 425. The average molecular weight is 364 g/mol. The molecule has 23 heavy (non-hydrogen) atoms. The molecule has 134 valence electrons. The Morgan fingerprint density at radius 3 is 2.09 bits per heavy atom. The number of likely N-dealkylation sites (N-methyl/N-ethyl adjacent to an activating group) is 1. The first-order valence-corrected chi connectivity index (χ1v) is 7.83. The number of carbonyl (C=O) groups excluding carboxylic acids is 1. The molecule has 0 bridgehead atoms. The van der Waals surface area contributed by atoms with Gasteiger partial charge in [0.15, 0.2) is 0 Å². The summed E-state index contributed by atoms with van der Waals surface area (Å²) in [6, 6.07) is 10.0. The molecule has 0 aliphatic rings. The second kappa shape index (κ2) is 12.6. The minimum absolute atomic E-state index is 0. The maximum absolute atomic E-state index is 12.1. The maximum atomic E-state index is 12.1. The van der Waals surface area contributed by atoms with Gasteiger partial charge in [0.2, 0.25) is 5.91 Å². The summed E-state index contributed by atoms with van der Waals surface area (Å²) in [5.41, 5.74) is 7.12. The van der Waals surface area contributed by atoms with Crippen LogP contribution >= 0.6 is 24.8 Å². The van der Waals surface area contributed by atoms with E-state index in [2.05, 4.69) is 36.2 Å². The molecule has 1 rings (SSSR count). The van der Waals surface area contributed by atoms with E-state index < -0.39 is 6.04 Å². The van der Waals surface area contributed by atoms with Crippen LogP contribution in [0.15, 0.2) is 30.3 Å². The summed E-state index contributed by atoms with van der Waals surface area (Å²) in [5.74, 6) is 0.0757. The van der Waals surface area contributed by atoms with E-state index in [1.54, 1.807) is 0 Å². The van der Waals surface area contributed by atoms with E-state index in [9.17, 15) is 4.79 Å². The van der Waals surface area contributed by atoms with Gasteiger partial charge in [0, 0.05) is 6.54 Å². The summed E-state index contributed by atoms with van der Waals surface area (Å²) in [5, 5.41) is 3.01. The van der Waals surface area contributed by atoms with Gasteiger partial charge in [0.05, 0.1) is 12.1 Å². The third kappa shape index (κ3) is 7.53. The minimum Gasteiger partial charge on any atom is -0.353 e. The average Bonchev–Trinajstić information content (AvgIpc) is 2.51. The summed E-state index contributed by atoms with van der Waals surface area (Å²) in [7, 11) is 0. The van der Waals surface area contributed by atoms with Crippen LogP contribution in [-0.4, -0.2) is 36.5 Å². The van der Waals surface area contributed by atoms with Crippen LogP contribution in [0.25, 0.3) is 0 Å². The lowest BCUT2D eigenvalue weighted by Gasteiger charge is -2.30. The number of nitrogens with zero attached hydrogens (tertiary/aromatic N) is 1. The van der Waals surface area contributed by atoms with Crippen molar-refractivity contribution in [2.75, 3.05) is 19.6 Å². The first-order chi connectivity index (χ1) is 10.0. The van der Waals surface area contributed by atoms with Gasteiger partial charge in [-0.25, -0.2) is 0 Å². The molecule has 4 nitrogen and oxygen atoms in total. The number of hydrogen-bond acceptors (Lipinski definition) is 3. The lowest BCUT2D eigenvalue weighted by atomic mass is 10.0. The molecule has 0 aliphatic carbocycles. The Balaban J connectivity index is 0. The number of hydrogen-bond donors (Lipinski definition) is 2. The van der Waals surface area contributed by atoms with Crippen LogP contribution in [0.4, 0.5) is 0 Å². The second-order valence-electron chi connectivity index (χ2n) is 5.66. The fourth-order valence-corrected chi connectivity index (χ4v) is 2.42. The number of amides is 1. The van der Waals surface area contributed by atoms with E-state index in [1.165, 1.54) is 5.56 Å². The molecule has 3 N–H and O–H groups in total. The topological polar surface area (TPSA) is 58.4 Å². The Labute approximate surface area is 153 Å². The number of nitrogens with two attached hydrogens (primary N) is 1. The highest BCUT2D eigenvalue weighted by atomic mass is 35.5. The Morgan fingerprint density at radius 1 is 1.13 bits per heavy atom. The molecule has 0 aliphatic heterocycles. The molecule has 0 radical (unpaired) electrons. The van der Waals surface area contributed by atoms with E-state index in [1.807, 2.05) is 32.0 Å². The third-order valence-corrected chi connectivity index (χ3v) is 3.93. The first kappa shape index (κ1) is 24.4. The molecule has 0 fully saturated rings. The number of halogens is 2. The molecular formula is C17H31Cl2N3O. The van der Waals surface area contributed by atoms with Crippen LogP contribution in [-0.2, 0) is 4.79 Å². The van der Waals surface area contributed by atoms with Crippen LogP contribution in [0.1, 0.15) is 39.3 Å². The number of carbonyl (C=O) groups is 1. The van der Waals surface area contributed by atoms with Crippen molar-refractivity contribution in [1.29, 1.82) is 0 Å². The predicted octanol–water partition coefficient (Wildman–Crippen LogP) is 3.01. The quantitative estimate of drug-likeness (QED) is 0.746. The predicted molar refractivity (Wildman–Crippen MR) is 102 cm³/mol. The molecule has 0 aromatic heterocycles. The highest BCUT2D eigenvalue weighted by Gasteiger charge is 2.21. The van der Waals surface area contributed by atoms with Gasteiger partial charge in [-0.3, -0.25) is 9.69 Å².